The maximum atomic E-state index is 12.1. The lowest BCUT2D eigenvalue weighted by atomic mass is 10.0. The van der Waals surface area contributed by atoms with E-state index in [-0.39, 0.29) is 11.9 Å². The van der Waals surface area contributed by atoms with E-state index in [1.807, 2.05) is 19.9 Å². The molecule has 0 N–H and O–H groups in total. The van der Waals surface area contributed by atoms with Gasteiger partial charge in [-0.05, 0) is 39.2 Å². The first kappa shape index (κ1) is 10.8. The van der Waals surface area contributed by atoms with Crippen LogP contribution in [0.15, 0.2) is 6.07 Å². The highest BCUT2D eigenvalue weighted by Gasteiger charge is 2.25. The van der Waals surface area contributed by atoms with Gasteiger partial charge in [0.15, 0.2) is 5.78 Å². The summed E-state index contributed by atoms with van der Waals surface area (Å²) in [6, 6.07) is 1.99. The molecule has 3 heteroatoms. The van der Waals surface area contributed by atoms with Crippen LogP contribution in [-0.4, -0.2) is 18.5 Å². The van der Waals surface area contributed by atoms with Crippen LogP contribution in [0.3, 0.4) is 0 Å². The van der Waals surface area contributed by atoms with Crippen LogP contribution in [0.2, 0.25) is 0 Å². The predicted octanol–water partition coefficient (Wildman–Crippen LogP) is 3.12. The highest BCUT2D eigenvalue weighted by Crippen LogP contribution is 2.25. The lowest BCUT2D eigenvalue weighted by Crippen LogP contribution is -2.28. The van der Waals surface area contributed by atoms with Gasteiger partial charge in [-0.15, -0.1) is 11.3 Å². The highest BCUT2D eigenvalue weighted by atomic mass is 32.1. The van der Waals surface area contributed by atoms with Gasteiger partial charge in [0.1, 0.15) is 6.10 Å². The van der Waals surface area contributed by atoms with Gasteiger partial charge < -0.3 is 4.74 Å². The van der Waals surface area contributed by atoms with Gasteiger partial charge in [0, 0.05) is 21.9 Å². The van der Waals surface area contributed by atoms with Crippen LogP contribution in [0.25, 0.3) is 0 Å². The van der Waals surface area contributed by atoms with Crippen LogP contribution in [0.1, 0.15) is 39.4 Å². The third kappa shape index (κ3) is 2.29. The van der Waals surface area contributed by atoms with Crippen molar-refractivity contribution in [3.8, 4) is 0 Å². The van der Waals surface area contributed by atoms with E-state index < -0.39 is 0 Å². The second-order valence-corrected chi connectivity index (χ2v) is 5.51. The van der Waals surface area contributed by atoms with E-state index in [1.165, 1.54) is 4.88 Å². The number of rotatable bonds is 2. The van der Waals surface area contributed by atoms with Crippen molar-refractivity contribution in [2.75, 3.05) is 6.61 Å². The zero-order valence-corrected chi connectivity index (χ0v) is 10.0. The Morgan fingerprint density at radius 2 is 2.27 bits per heavy atom. The van der Waals surface area contributed by atoms with Gasteiger partial charge in [-0.25, -0.2) is 0 Å². The summed E-state index contributed by atoms with van der Waals surface area (Å²) in [5, 5.41) is 0. The number of thiophene rings is 1. The van der Waals surface area contributed by atoms with Gasteiger partial charge in [-0.2, -0.15) is 0 Å². The first-order valence-electron chi connectivity index (χ1n) is 5.41. The number of aryl methyl sites for hydroxylation is 2. The van der Waals surface area contributed by atoms with Gasteiger partial charge in [-0.1, -0.05) is 0 Å². The molecule has 1 aromatic rings. The molecule has 0 bridgehead atoms. The molecule has 2 heterocycles. The Balaban J connectivity index is 2.16. The Labute approximate surface area is 94.3 Å². The molecule has 2 nitrogen and oxygen atoms in total. The largest absolute Gasteiger partial charge is 0.370 e. The highest BCUT2D eigenvalue weighted by molar-refractivity contribution is 7.12. The second-order valence-electron chi connectivity index (χ2n) is 4.05. The minimum atomic E-state index is -0.188. The molecule has 1 aromatic heterocycles. The molecule has 0 radical (unpaired) electrons. The van der Waals surface area contributed by atoms with E-state index in [9.17, 15) is 4.79 Å². The van der Waals surface area contributed by atoms with Gasteiger partial charge in [0.2, 0.25) is 0 Å². The lowest BCUT2D eigenvalue weighted by molar-refractivity contribution is 0.0186. The van der Waals surface area contributed by atoms with Crippen LogP contribution in [-0.2, 0) is 4.74 Å². The summed E-state index contributed by atoms with van der Waals surface area (Å²) in [6.45, 7) is 4.78. The molecular formula is C12H16O2S. The number of ketones is 1. The van der Waals surface area contributed by atoms with E-state index in [0.29, 0.717) is 0 Å². The third-order valence-corrected chi connectivity index (χ3v) is 3.74. The molecule has 0 aromatic carbocycles. The average Bonchev–Trinajstić information content (AvgIpc) is 2.58. The first-order chi connectivity index (χ1) is 7.18. The van der Waals surface area contributed by atoms with Gasteiger partial charge in [-0.3, -0.25) is 4.79 Å². The van der Waals surface area contributed by atoms with Crippen molar-refractivity contribution in [2.24, 2.45) is 0 Å². The molecule has 1 aliphatic rings. The minimum absolute atomic E-state index is 0.177. The molecule has 0 aliphatic carbocycles. The van der Waals surface area contributed by atoms with Crippen molar-refractivity contribution in [1.29, 1.82) is 0 Å². The maximum absolute atomic E-state index is 12.1. The van der Waals surface area contributed by atoms with Crippen molar-refractivity contribution >= 4 is 17.1 Å². The SMILES string of the molecule is Cc1cc(C(=O)C2CCCCO2)c(C)s1. The van der Waals surface area contributed by atoms with E-state index in [4.69, 9.17) is 4.74 Å². The van der Waals surface area contributed by atoms with Crippen molar-refractivity contribution in [3.05, 3.63) is 21.4 Å². The Kier molecular flexibility index (Phi) is 3.22. The standard InChI is InChI=1S/C12H16O2S/c1-8-7-10(9(2)15-8)12(13)11-5-3-4-6-14-11/h7,11H,3-6H2,1-2H3. The van der Waals surface area contributed by atoms with Crippen molar-refractivity contribution in [2.45, 2.75) is 39.2 Å². The molecular weight excluding hydrogens is 208 g/mol. The number of hydrogen-bond acceptors (Lipinski definition) is 3. The Morgan fingerprint density at radius 1 is 1.47 bits per heavy atom. The molecule has 1 atom stereocenters. The van der Waals surface area contributed by atoms with Crippen molar-refractivity contribution < 1.29 is 9.53 Å². The predicted molar refractivity (Wildman–Crippen MR) is 61.7 cm³/mol. The third-order valence-electron chi connectivity index (χ3n) is 2.78. The number of hydrogen-bond donors (Lipinski definition) is 0. The minimum Gasteiger partial charge on any atom is -0.370 e. The van der Waals surface area contributed by atoms with E-state index in [0.717, 1.165) is 36.3 Å². The lowest BCUT2D eigenvalue weighted by Gasteiger charge is -2.21. The molecule has 2 rings (SSSR count). The van der Waals surface area contributed by atoms with Gasteiger partial charge in [0.05, 0.1) is 0 Å². The summed E-state index contributed by atoms with van der Waals surface area (Å²) in [5.74, 6) is 0.177. The van der Waals surface area contributed by atoms with Gasteiger partial charge in [0.25, 0.3) is 0 Å². The molecule has 0 spiro atoms. The van der Waals surface area contributed by atoms with Crippen molar-refractivity contribution in [1.82, 2.24) is 0 Å². The summed E-state index contributed by atoms with van der Waals surface area (Å²) in [7, 11) is 0. The Morgan fingerprint density at radius 3 is 2.80 bits per heavy atom. The summed E-state index contributed by atoms with van der Waals surface area (Å²) in [6.07, 6.45) is 2.89. The fourth-order valence-electron chi connectivity index (χ4n) is 2.00. The van der Waals surface area contributed by atoms with Crippen LogP contribution < -0.4 is 0 Å². The fraction of sp³-hybridized carbons (Fsp3) is 0.583. The van der Waals surface area contributed by atoms with E-state index >= 15 is 0 Å². The monoisotopic (exact) mass is 224 g/mol. The first-order valence-corrected chi connectivity index (χ1v) is 6.23. The Bertz CT molecular complexity index is 362. The van der Waals surface area contributed by atoms with Gasteiger partial charge >= 0.3 is 0 Å². The Hall–Kier alpha value is -0.670. The maximum Gasteiger partial charge on any atom is 0.192 e. The molecule has 15 heavy (non-hydrogen) atoms. The van der Waals surface area contributed by atoms with Crippen LogP contribution in [0, 0.1) is 13.8 Å². The molecule has 82 valence electrons. The topological polar surface area (TPSA) is 26.3 Å². The zero-order valence-electron chi connectivity index (χ0n) is 9.21. The fourth-order valence-corrected chi connectivity index (χ4v) is 2.93. The number of carbonyl (C=O) groups is 1. The smallest absolute Gasteiger partial charge is 0.192 e. The second kappa shape index (κ2) is 4.45. The van der Waals surface area contributed by atoms with Crippen LogP contribution in [0.5, 0.6) is 0 Å². The number of carbonyl (C=O) groups excluding carboxylic acids is 1. The molecule has 1 aliphatic heterocycles. The molecule has 0 saturated carbocycles. The quantitative estimate of drug-likeness (QED) is 0.721. The molecule has 1 unspecified atom stereocenters. The number of ether oxygens (including phenoxy) is 1. The van der Waals surface area contributed by atoms with Crippen LogP contribution >= 0.6 is 11.3 Å². The summed E-state index contributed by atoms with van der Waals surface area (Å²) in [4.78, 5) is 14.4. The number of Topliss-reactive ketones (excluding diaryl/α,β-unsaturated/α-hetero) is 1. The van der Waals surface area contributed by atoms with E-state index in [1.54, 1.807) is 11.3 Å². The summed E-state index contributed by atoms with van der Waals surface area (Å²) >= 11 is 1.69. The zero-order chi connectivity index (χ0) is 10.8. The molecule has 0 amide bonds. The summed E-state index contributed by atoms with van der Waals surface area (Å²) in [5.41, 5.74) is 0.865. The molecule has 1 fully saturated rings. The average molecular weight is 224 g/mol. The molecule has 1 saturated heterocycles. The normalized spacial score (nSPS) is 21.6. The van der Waals surface area contributed by atoms with Crippen LogP contribution in [0.4, 0.5) is 0 Å². The van der Waals surface area contributed by atoms with E-state index in [2.05, 4.69) is 0 Å². The van der Waals surface area contributed by atoms with Crippen molar-refractivity contribution in [3.63, 3.8) is 0 Å². The summed E-state index contributed by atoms with van der Waals surface area (Å²) < 4.78 is 5.51.